The Balaban J connectivity index is 2.32. The van der Waals surface area contributed by atoms with Crippen LogP contribution in [0.5, 0.6) is 0 Å². The van der Waals surface area contributed by atoms with Crippen LogP contribution in [0.3, 0.4) is 0 Å². The predicted molar refractivity (Wildman–Crippen MR) is 33.5 cm³/mol. The fraction of sp³-hybridized carbons (Fsp3) is 0.800. The van der Waals surface area contributed by atoms with Gasteiger partial charge in [-0.05, 0) is 6.92 Å². The average molecular weight is 143 g/mol. The maximum atomic E-state index is 10.2. The molecular formula is C5H9N3O2. The van der Waals surface area contributed by atoms with Gasteiger partial charge in [-0.15, -0.1) is 0 Å². The Labute approximate surface area is 57.9 Å². The van der Waals surface area contributed by atoms with Crippen LogP contribution in [0.25, 0.3) is 0 Å². The van der Waals surface area contributed by atoms with Gasteiger partial charge in [-0.2, -0.15) is 10.2 Å². The molecule has 0 aromatic rings. The van der Waals surface area contributed by atoms with Crippen LogP contribution in [0, 0.1) is 0 Å². The largest absolute Gasteiger partial charge is 0.480 e. The molecule has 1 aliphatic heterocycles. The SMILES string of the molecule is CC1(CC(N)C(=O)O)N=N1. The van der Waals surface area contributed by atoms with Crippen LogP contribution in [0.1, 0.15) is 13.3 Å². The van der Waals surface area contributed by atoms with E-state index in [2.05, 4.69) is 10.2 Å². The Bertz CT molecular complexity index is 183. The van der Waals surface area contributed by atoms with Gasteiger partial charge >= 0.3 is 5.97 Å². The molecule has 1 unspecified atom stereocenters. The Morgan fingerprint density at radius 2 is 2.30 bits per heavy atom. The van der Waals surface area contributed by atoms with E-state index in [1.54, 1.807) is 6.92 Å². The molecule has 0 radical (unpaired) electrons. The van der Waals surface area contributed by atoms with Crippen LogP contribution in [-0.2, 0) is 4.79 Å². The Morgan fingerprint density at radius 1 is 1.80 bits per heavy atom. The molecule has 56 valence electrons. The Kier molecular flexibility index (Phi) is 1.44. The molecule has 0 saturated carbocycles. The number of carboxylic acid groups (broad SMARTS) is 1. The lowest BCUT2D eigenvalue weighted by molar-refractivity contribution is -0.138. The first-order valence-corrected chi connectivity index (χ1v) is 2.96. The zero-order chi connectivity index (χ0) is 7.78. The van der Waals surface area contributed by atoms with E-state index in [9.17, 15) is 4.79 Å². The molecule has 1 heterocycles. The number of aliphatic carboxylic acids is 1. The van der Waals surface area contributed by atoms with Crippen LogP contribution in [-0.4, -0.2) is 22.8 Å². The van der Waals surface area contributed by atoms with E-state index in [0.717, 1.165) is 0 Å². The zero-order valence-electron chi connectivity index (χ0n) is 5.61. The van der Waals surface area contributed by atoms with Gasteiger partial charge in [0.25, 0.3) is 0 Å². The van der Waals surface area contributed by atoms with Crippen molar-refractivity contribution >= 4 is 5.97 Å². The fourth-order valence-electron chi connectivity index (χ4n) is 0.671. The normalized spacial score (nSPS) is 22.2. The minimum atomic E-state index is -1.00. The highest BCUT2D eigenvalue weighted by atomic mass is 16.4. The third-order valence-corrected chi connectivity index (χ3v) is 1.37. The summed E-state index contributed by atoms with van der Waals surface area (Å²) in [6.45, 7) is 1.75. The molecule has 0 aromatic carbocycles. The molecule has 0 aliphatic carbocycles. The quantitative estimate of drug-likeness (QED) is 0.581. The second kappa shape index (κ2) is 2.02. The minimum Gasteiger partial charge on any atom is -0.480 e. The highest BCUT2D eigenvalue weighted by molar-refractivity contribution is 5.73. The molecule has 1 atom stereocenters. The van der Waals surface area contributed by atoms with Gasteiger partial charge in [-0.1, -0.05) is 0 Å². The van der Waals surface area contributed by atoms with Crippen LogP contribution >= 0.6 is 0 Å². The van der Waals surface area contributed by atoms with Crippen molar-refractivity contribution in [1.29, 1.82) is 0 Å². The topological polar surface area (TPSA) is 88.0 Å². The van der Waals surface area contributed by atoms with Crippen LogP contribution in [0.2, 0.25) is 0 Å². The molecule has 0 bridgehead atoms. The summed E-state index contributed by atoms with van der Waals surface area (Å²) in [7, 11) is 0. The summed E-state index contributed by atoms with van der Waals surface area (Å²) in [5.74, 6) is -1.00. The van der Waals surface area contributed by atoms with Gasteiger partial charge in [-0.3, -0.25) is 4.79 Å². The lowest BCUT2D eigenvalue weighted by atomic mass is 10.1. The first-order chi connectivity index (χ1) is 4.53. The monoisotopic (exact) mass is 143 g/mol. The van der Waals surface area contributed by atoms with Crippen molar-refractivity contribution in [2.75, 3.05) is 0 Å². The highest BCUT2D eigenvalue weighted by Gasteiger charge is 2.37. The maximum Gasteiger partial charge on any atom is 0.320 e. The number of nitrogens with two attached hydrogens (primary N) is 1. The molecule has 3 N–H and O–H groups in total. The molecule has 0 fully saturated rings. The second-order valence-electron chi connectivity index (χ2n) is 2.57. The van der Waals surface area contributed by atoms with Crippen LogP contribution in [0.4, 0.5) is 0 Å². The van der Waals surface area contributed by atoms with Gasteiger partial charge in [0.1, 0.15) is 6.04 Å². The van der Waals surface area contributed by atoms with E-state index in [0.29, 0.717) is 6.42 Å². The smallest absolute Gasteiger partial charge is 0.320 e. The zero-order valence-corrected chi connectivity index (χ0v) is 5.61. The van der Waals surface area contributed by atoms with E-state index < -0.39 is 17.7 Å². The number of carbonyl (C=O) groups is 1. The molecule has 1 aliphatic rings. The summed E-state index contributed by atoms with van der Waals surface area (Å²) in [4.78, 5) is 10.2. The molecular weight excluding hydrogens is 134 g/mol. The second-order valence-corrected chi connectivity index (χ2v) is 2.57. The van der Waals surface area contributed by atoms with Gasteiger partial charge in [0.05, 0.1) is 0 Å². The van der Waals surface area contributed by atoms with Crippen molar-refractivity contribution in [3.05, 3.63) is 0 Å². The molecule has 0 amide bonds. The van der Waals surface area contributed by atoms with Gasteiger partial charge in [0.15, 0.2) is 5.66 Å². The molecule has 5 nitrogen and oxygen atoms in total. The van der Waals surface area contributed by atoms with E-state index in [1.807, 2.05) is 0 Å². The summed E-state index contributed by atoms with van der Waals surface area (Å²) < 4.78 is 0. The standard InChI is InChI=1S/C5H9N3O2/c1-5(7-8-5)2-3(6)4(9)10/h3H,2,6H2,1H3,(H,9,10). The minimum absolute atomic E-state index is 0.294. The summed E-state index contributed by atoms with van der Waals surface area (Å²) in [6.07, 6.45) is 0.294. The van der Waals surface area contributed by atoms with E-state index in [4.69, 9.17) is 10.8 Å². The molecule has 0 saturated heterocycles. The van der Waals surface area contributed by atoms with Crippen molar-refractivity contribution in [3.8, 4) is 0 Å². The van der Waals surface area contributed by atoms with Gasteiger partial charge in [-0.25, -0.2) is 0 Å². The predicted octanol–water partition coefficient (Wildman–Crippen LogP) is -0.0296. The number of nitrogens with zero attached hydrogens (tertiary/aromatic N) is 2. The van der Waals surface area contributed by atoms with Gasteiger partial charge in [0, 0.05) is 6.42 Å². The highest BCUT2D eigenvalue weighted by Crippen LogP contribution is 2.31. The lowest BCUT2D eigenvalue weighted by Crippen LogP contribution is -2.34. The first-order valence-electron chi connectivity index (χ1n) is 2.96. The molecule has 0 aromatic heterocycles. The average Bonchev–Trinajstić information content (AvgIpc) is 2.47. The van der Waals surface area contributed by atoms with Crippen molar-refractivity contribution in [2.24, 2.45) is 16.0 Å². The van der Waals surface area contributed by atoms with Crippen LogP contribution in [0.15, 0.2) is 10.2 Å². The third-order valence-electron chi connectivity index (χ3n) is 1.37. The van der Waals surface area contributed by atoms with Crippen molar-refractivity contribution in [3.63, 3.8) is 0 Å². The molecule has 5 heteroatoms. The number of carboxylic acids is 1. The van der Waals surface area contributed by atoms with Gasteiger partial charge < -0.3 is 10.8 Å². The van der Waals surface area contributed by atoms with E-state index in [-0.39, 0.29) is 0 Å². The van der Waals surface area contributed by atoms with Gasteiger partial charge in [0.2, 0.25) is 0 Å². The van der Waals surface area contributed by atoms with Crippen molar-refractivity contribution in [1.82, 2.24) is 0 Å². The number of hydrogen-bond acceptors (Lipinski definition) is 4. The maximum absolute atomic E-state index is 10.2. The Morgan fingerprint density at radius 3 is 2.60 bits per heavy atom. The number of hydrogen-bond donors (Lipinski definition) is 2. The van der Waals surface area contributed by atoms with E-state index >= 15 is 0 Å². The summed E-state index contributed by atoms with van der Waals surface area (Å²) >= 11 is 0. The number of rotatable bonds is 3. The molecule has 0 spiro atoms. The first kappa shape index (κ1) is 7.14. The summed E-state index contributed by atoms with van der Waals surface area (Å²) in [6, 6.07) is -0.847. The summed E-state index contributed by atoms with van der Waals surface area (Å²) in [5, 5.41) is 15.6. The fourth-order valence-corrected chi connectivity index (χ4v) is 0.671. The molecule has 10 heavy (non-hydrogen) atoms. The van der Waals surface area contributed by atoms with Crippen molar-refractivity contribution in [2.45, 2.75) is 25.0 Å². The third kappa shape index (κ3) is 1.51. The van der Waals surface area contributed by atoms with E-state index in [1.165, 1.54) is 0 Å². The lowest BCUT2D eigenvalue weighted by Gasteiger charge is -2.06. The molecule has 1 rings (SSSR count). The van der Waals surface area contributed by atoms with Crippen LogP contribution < -0.4 is 5.73 Å². The summed E-state index contributed by atoms with van der Waals surface area (Å²) in [5.41, 5.74) is 4.72. The van der Waals surface area contributed by atoms with Crippen molar-refractivity contribution < 1.29 is 9.90 Å². The Hall–Kier alpha value is -0.970.